The zero-order valence-corrected chi connectivity index (χ0v) is 12.3. The molecule has 0 aromatic heterocycles. The molecule has 7 heteroatoms. The molecule has 2 rings (SSSR count). The number of carbonyl (C=O) groups is 1. The molecule has 2 aromatic carbocycles. The minimum Gasteiger partial charge on any atom is -0.508 e. The molecule has 2 amide bonds. The van der Waals surface area contributed by atoms with Crippen LogP contribution in [0.1, 0.15) is 18.5 Å². The largest absolute Gasteiger partial charge is 0.508 e. The summed E-state index contributed by atoms with van der Waals surface area (Å²) in [5, 5.41) is 14.6. The Bertz CT molecular complexity index is 645. The van der Waals surface area contributed by atoms with Crippen LogP contribution in [0.3, 0.4) is 0 Å². The monoisotopic (exact) mass is 322 g/mol. The molecule has 0 heterocycles. The van der Waals surface area contributed by atoms with Gasteiger partial charge in [-0.2, -0.15) is 8.78 Å². The van der Waals surface area contributed by atoms with Crippen molar-refractivity contribution in [3.8, 4) is 11.5 Å². The number of rotatable bonds is 5. The lowest BCUT2D eigenvalue weighted by molar-refractivity contribution is -0.0498. The molecule has 0 radical (unpaired) electrons. The van der Waals surface area contributed by atoms with Gasteiger partial charge in [0.05, 0.1) is 6.04 Å². The second-order valence-corrected chi connectivity index (χ2v) is 4.81. The van der Waals surface area contributed by atoms with E-state index in [9.17, 15) is 18.7 Å². The van der Waals surface area contributed by atoms with E-state index < -0.39 is 12.6 Å². The minimum absolute atomic E-state index is 0.0171. The summed E-state index contributed by atoms with van der Waals surface area (Å²) in [6.07, 6.45) is 0. The van der Waals surface area contributed by atoms with Gasteiger partial charge in [0.25, 0.3) is 0 Å². The van der Waals surface area contributed by atoms with Gasteiger partial charge in [-0.1, -0.05) is 12.1 Å². The Morgan fingerprint density at radius 3 is 2.26 bits per heavy atom. The average Bonchev–Trinajstić information content (AvgIpc) is 2.49. The zero-order valence-electron chi connectivity index (χ0n) is 12.3. The second kappa shape index (κ2) is 7.44. The summed E-state index contributed by atoms with van der Waals surface area (Å²) in [5.41, 5.74) is 1.28. The molecule has 2 aromatic rings. The Balaban J connectivity index is 1.90. The Hall–Kier alpha value is -2.83. The van der Waals surface area contributed by atoms with Crippen molar-refractivity contribution in [3.05, 3.63) is 54.1 Å². The smallest absolute Gasteiger partial charge is 0.387 e. The van der Waals surface area contributed by atoms with E-state index in [0.717, 1.165) is 5.56 Å². The molecule has 0 bridgehead atoms. The van der Waals surface area contributed by atoms with E-state index in [1.807, 2.05) is 0 Å². The molecule has 0 saturated carbocycles. The topological polar surface area (TPSA) is 70.6 Å². The van der Waals surface area contributed by atoms with Crippen molar-refractivity contribution in [1.29, 1.82) is 0 Å². The first-order valence-electron chi connectivity index (χ1n) is 6.85. The third-order valence-electron chi connectivity index (χ3n) is 3.08. The van der Waals surface area contributed by atoms with Gasteiger partial charge >= 0.3 is 12.6 Å². The van der Waals surface area contributed by atoms with Gasteiger partial charge in [-0.15, -0.1) is 0 Å². The molecule has 5 nitrogen and oxygen atoms in total. The van der Waals surface area contributed by atoms with E-state index in [1.165, 1.54) is 36.4 Å². The van der Waals surface area contributed by atoms with Gasteiger partial charge in [-0.05, 0) is 48.9 Å². The van der Waals surface area contributed by atoms with Crippen LogP contribution >= 0.6 is 0 Å². The number of benzene rings is 2. The van der Waals surface area contributed by atoms with Crippen molar-refractivity contribution in [2.75, 3.05) is 5.32 Å². The molecule has 0 saturated heterocycles. The van der Waals surface area contributed by atoms with Crippen LogP contribution in [0.5, 0.6) is 11.5 Å². The minimum atomic E-state index is -2.89. The molecule has 0 aliphatic heterocycles. The van der Waals surface area contributed by atoms with Crippen LogP contribution in [0.2, 0.25) is 0 Å². The summed E-state index contributed by atoms with van der Waals surface area (Å²) in [6.45, 7) is -1.09. The Morgan fingerprint density at radius 1 is 1.09 bits per heavy atom. The number of alkyl halides is 2. The standard InChI is InChI=1S/C16H16F2N2O3/c1-10(11-2-6-13(21)7-3-11)19-16(22)20-12-4-8-14(9-5-12)23-15(17)18/h2-10,15,21H,1H3,(H2,19,20,22). The highest BCUT2D eigenvalue weighted by Gasteiger charge is 2.10. The van der Waals surface area contributed by atoms with Crippen LogP contribution in [-0.4, -0.2) is 17.7 Å². The van der Waals surface area contributed by atoms with E-state index in [1.54, 1.807) is 19.1 Å². The van der Waals surface area contributed by atoms with Crippen molar-refractivity contribution < 1.29 is 23.4 Å². The fourth-order valence-corrected chi connectivity index (χ4v) is 1.93. The van der Waals surface area contributed by atoms with Gasteiger partial charge in [0.15, 0.2) is 0 Å². The molecule has 0 aliphatic carbocycles. The molecule has 23 heavy (non-hydrogen) atoms. The maximum Gasteiger partial charge on any atom is 0.387 e. The molecule has 0 spiro atoms. The summed E-state index contributed by atoms with van der Waals surface area (Å²) >= 11 is 0. The van der Waals surface area contributed by atoms with Crippen LogP contribution in [0.15, 0.2) is 48.5 Å². The number of ether oxygens (including phenoxy) is 1. The van der Waals surface area contributed by atoms with E-state index in [4.69, 9.17) is 0 Å². The van der Waals surface area contributed by atoms with Crippen LogP contribution in [0, 0.1) is 0 Å². The zero-order chi connectivity index (χ0) is 16.8. The number of hydrogen-bond acceptors (Lipinski definition) is 3. The molecule has 1 atom stereocenters. The fraction of sp³-hybridized carbons (Fsp3) is 0.188. The number of nitrogens with one attached hydrogen (secondary N) is 2. The lowest BCUT2D eigenvalue weighted by Crippen LogP contribution is -2.31. The molecule has 0 fully saturated rings. The van der Waals surface area contributed by atoms with Crippen molar-refractivity contribution >= 4 is 11.7 Å². The second-order valence-electron chi connectivity index (χ2n) is 4.81. The molecule has 3 N–H and O–H groups in total. The fourth-order valence-electron chi connectivity index (χ4n) is 1.93. The van der Waals surface area contributed by atoms with Crippen LogP contribution in [0.4, 0.5) is 19.3 Å². The van der Waals surface area contributed by atoms with E-state index >= 15 is 0 Å². The van der Waals surface area contributed by atoms with Crippen LogP contribution < -0.4 is 15.4 Å². The summed E-state index contributed by atoms with van der Waals surface area (Å²) in [7, 11) is 0. The number of carbonyl (C=O) groups excluding carboxylic acids is 1. The number of phenolic OH excluding ortho intramolecular Hbond substituents is 1. The summed E-state index contributed by atoms with van der Waals surface area (Å²) < 4.78 is 28.3. The van der Waals surface area contributed by atoms with Crippen molar-refractivity contribution in [3.63, 3.8) is 0 Å². The highest BCUT2D eigenvalue weighted by Crippen LogP contribution is 2.19. The summed E-state index contributed by atoms with van der Waals surface area (Å²) in [6, 6.07) is 11.4. The Labute approximate surface area is 131 Å². The van der Waals surface area contributed by atoms with E-state index in [-0.39, 0.29) is 17.5 Å². The average molecular weight is 322 g/mol. The predicted molar refractivity (Wildman–Crippen MR) is 81.8 cm³/mol. The molecular formula is C16H16F2N2O3. The van der Waals surface area contributed by atoms with E-state index in [2.05, 4.69) is 15.4 Å². The third-order valence-corrected chi connectivity index (χ3v) is 3.08. The van der Waals surface area contributed by atoms with Crippen LogP contribution in [-0.2, 0) is 0 Å². The number of amides is 2. The molecule has 122 valence electrons. The molecule has 0 aliphatic rings. The molecule has 1 unspecified atom stereocenters. The number of hydrogen-bond donors (Lipinski definition) is 3. The molecular weight excluding hydrogens is 306 g/mol. The van der Waals surface area contributed by atoms with Gasteiger partial charge < -0.3 is 20.5 Å². The van der Waals surface area contributed by atoms with Gasteiger partial charge in [-0.3, -0.25) is 0 Å². The first-order valence-corrected chi connectivity index (χ1v) is 6.85. The number of phenols is 1. The summed E-state index contributed by atoms with van der Waals surface area (Å²) in [4.78, 5) is 11.9. The highest BCUT2D eigenvalue weighted by molar-refractivity contribution is 5.89. The third kappa shape index (κ3) is 5.14. The predicted octanol–water partition coefficient (Wildman–Crippen LogP) is 3.88. The lowest BCUT2D eigenvalue weighted by atomic mass is 10.1. The van der Waals surface area contributed by atoms with Crippen molar-refractivity contribution in [1.82, 2.24) is 5.32 Å². The maximum atomic E-state index is 12.0. The first-order chi connectivity index (χ1) is 10.9. The van der Waals surface area contributed by atoms with Gasteiger partial charge in [-0.25, -0.2) is 4.79 Å². The Kier molecular flexibility index (Phi) is 5.35. The summed E-state index contributed by atoms with van der Waals surface area (Å²) in [5.74, 6) is 0.167. The van der Waals surface area contributed by atoms with Gasteiger partial charge in [0.2, 0.25) is 0 Å². The maximum absolute atomic E-state index is 12.0. The quantitative estimate of drug-likeness (QED) is 0.782. The first kappa shape index (κ1) is 16.5. The van der Waals surface area contributed by atoms with Gasteiger partial charge in [0, 0.05) is 5.69 Å². The van der Waals surface area contributed by atoms with Crippen molar-refractivity contribution in [2.45, 2.75) is 19.6 Å². The lowest BCUT2D eigenvalue weighted by Gasteiger charge is -2.15. The van der Waals surface area contributed by atoms with Gasteiger partial charge in [0.1, 0.15) is 11.5 Å². The Morgan fingerprint density at radius 2 is 1.70 bits per heavy atom. The normalized spacial score (nSPS) is 11.8. The number of aromatic hydroxyl groups is 1. The highest BCUT2D eigenvalue weighted by atomic mass is 19.3. The van der Waals surface area contributed by atoms with Crippen molar-refractivity contribution in [2.24, 2.45) is 0 Å². The van der Waals surface area contributed by atoms with Crippen LogP contribution in [0.25, 0.3) is 0 Å². The number of halogens is 2. The number of urea groups is 1. The van der Waals surface area contributed by atoms with E-state index in [0.29, 0.717) is 5.69 Å². The SMILES string of the molecule is CC(NC(=O)Nc1ccc(OC(F)F)cc1)c1ccc(O)cc1. The number of anilines is 1.